The third-order valence-corrected chi connectivity index (χ3v) is 5.55. The molecule has 1 aromatic heterocycles. The summed E-state index contributed by atoms with van der Waals surface area (Å²) in [7, 11) is 0. The number of nitrogens with zero attached hydrogens (tertiary/aromatic N) is 2. The quantitative estimate of drug-likeness (QED) is 0.637. The summed E-state index contributed by atoms with van der Waals surface area (Å²) in [5.74, 6) is 0.457. The van der Waals surface area contributed by atoms with Gasteiger partial charge in [-0.05, 0) is 48.6 Å². The largest absolute Gasteiger partial charge is 0.379 e. The highest BCUT2D eigenvalue weighted by Gasteiger charge is 2.23. The molecule has 25 heavy (non-hydrogen) atoms. The van der Waals surface area contributed by atoms with Crippen LogP contribution in [0, 0.1) is 13.8 Å². The number of thiophene rings is 1. The molecular formula is C19H26N4OS. The number of rotatable bonds is 5. The van der Waals surface area contributed by atoms with E-state index in [1.807, 2.05) is 6.07 Å². The van der Waals surface area contributed by atoms with Crippen molar-refractivity contribution in [2.75, 3.05) is 38.2 Å². The summed E-state index contributed by atoms with van der Waals surface area (Å²) in [6.07, 6.45) is 0. The minimum absolute atomic E-state index is 0.254. The van der Waals surface area contributed by atoms with Gasteiger partial charge in [0.25, 0.3) is 0 Å². The molecule has 3 rings (SSSR count). The Kier molecular flexibility index (Phi) is 6.07. The lowest BCUT2D eigenvalue weighted by atomic mass is 10.1. The van der Waals surface area contributed by atoms with E-state index >= 15 is 0 Å². The second-order valence-electron chi connectivity index (χ2n) is 6.33. The van der Waals surface area contributed by atoms with Gasteiger partial charge in [0, 0.05) is 23.7 Å². The summed E-state index contributed by atoms with van der Waals surface area (Å²) in [6.45, 7) is 8.27. The fraction of sp³-hybridized carbons (Fsp3) is 0.421. The molecule has 1 aliphatic heterocycles. The lowest BCUT2D eigenvalue weighted by Gasteiger charge is -2.33. The Hall–Kier alpha value is -1.89. The number of nitrogens with one attached hydrogen (secondary N) is 1. The zero-order valence-corrected chi connectivity index (χ0v) is 15.7. The zero-order chi connectivity index (χ0) is 17.6. The molecule has 1 unspecified atom stereocenters. The maximum absolute atomic E-state index is 6.12. The maximum atomic E-state index is 6.12. The van der Waals surface area contributed by atoms with Gasteiger partial charge in [-0.15, -0.1) is 11.3 Å². The van der Waals surface area contributed by atoms with Crippen LogP contribution >= 0.6 is 11.3 Å². The minimum atomic E-state index is 0.254. The van der Waals surface area contributed by atoms with Gasteiger partial charge in [-0.3, -0.25) is 9.89 Å². The van der Waals surface area contributed by atoms with Gasteiger partial charge in [-0.2, -0.15) is 0 Å². The molecule has 134 valence electrons. The number of ether oxygens (including phenoxy) is 1. The van der Waals surface area contributed by atoms with Crippen LogP contribution < -0.4 is 11.1 Å². The highest BCUT2D eigenvalue weighted by molar-refractivity contribution is 7.10. The van der Waals surface area contributed by atoms with Gasteiger partial charge in [-0.1, -0.05) is 12.1 Å². The van der Waals surface area contributed by atoms with Crippen LogP contribution in [0.15, 0.2) is 40.7 Å². The predicted octanol–water partition coefficient (Wildman–Crippen LogP) is 3.17. The summed E-state index contributed by atoms with van der Waals surface area (Å²) in [5.41, 5.74) is 9.61. The number of nitrogens with two attached hydrogens (primary N) is 1. The van der Waals surface area contributed by atoms with Gasteiger partial charge < -0.3 is 15.8 Å². The van der Waals surface area contributed by atoms with Gasteiger partial charge in [-0.25, -0.2) is 0 Å². The number of hydrogen-bond donors (Lipinski definition) is 2. The van der Waals surface area contributed by atoms with Crippen molar-refractivity contribution in [3.8, 4) is 0 Å². The van der Waals surface area contributed by atoms with Gasteiger partial charge in [0.15, 0.2) is 5.96 Å². The fourth-order valence-electron chi connectivity index (χ4n) is 2.95. The van der Waals surface area contributed by atoms with E-state index in [4.69, 9.17) is 10.5 Å². The summed E-state index contributed by atoms with van der Waals surface area (Å²) in [4.78, 5) is 8.37. The molecule has 1 aromatic carbocycles. The second kappa shape index (κ2) is 8.47. The third kappa shape index (κ3) is 4.81. The Morgan fingerprint density at radius 3 is 2.76 bits per heavy atom. The van der Waals surface area contributed by atoms with E-state index in [1.54, 1.807) is 11.3 Å². The Morgan fingerprint density at radius 2 is 2.08 bits per heavy atom. The molecule has 2 aromatic rings. The number of benzene rings is 1. The topological polar surface area (TPSA) is 62.9 Å². The number of aliphatic imine (C=N–C) groups is 1. The molecule has 1 atom stereocenters. The Labute approximate surface area is 153 Å². The summed E-state index contributed by atoms with van der Waals surface area (Å²) in [5, 5.41) is 5.32. The fourth-order valence-corrected chi connectivity index (χ4v) is 3.80. The molecule has 0 aliphatic carbocycles. The smallest absolute Gasteiger partial charge is 0.193 e. The molecule has 3 N–H and O–H groups in total. The number of morpholine rings is 1. The van der Waals surface area contributed by atoms with Crippen molar-refractivity contribution in [1.29, 1.82) is 0 Å². The molecule has 1 aliphatic rings. The SMILES string of the molecule is Cc1ccc(NC(N)=NCC(c2cccs2)N2CCOCC2)cc1C. The van der Waals surface area contributed by atoms with Crippen LogP contribution in [-0.4, -0.2) is 43.7 Å². The summed E-state index contributed by atoms with van der Waals surface area (Å²) >= 11 is 1.77. The van der Waals surface area contributed by atoms with Gasteiger partial charge >= 0.3 is 0 Å². The molecule has 5 nitrogen and oxygen atoms in total. The average Bonchev–Trinajstić information content (AvgIpc) is 3.14. The number of aryl methyl sites for hydroxylation is 2. The monoisotopic (exact) mass is 358 g/mol. The van der Waals surface area contributed by atoms with E-state index in [1.165, 1.54) is 16.0 Å². The van der Waals surface area contributed by atoms with E-state index in [0.29, 0.717) is 12.5 Å². The highest BCUT2D eigenvalue weighted by atomic mass is 32.1. The Morgan fingerprint density at radius 1 is 1.28 bits per heavy atom. The normalized spacial score (nSPS) is 17.4. The first-order valence-electron chi connectivity index (χ1n) is 8.63. The number of hydrogen-bond acceptors (Lipinski definition) is 4. The molecule has 0 bridgehead atoms. The third-order valence-electron chi connectivity index (χ3n) is 4.57. The average molecular weight is 359 g/mol. The molecule has 1 saturated heterocycles. The van der Waals surface area contributed by atoms with Gasteiger partial charge in [0.1, 0.15) is 0 Å². The van der Waals surface area contributed by atoms with Gasteiger partial charge in [0.05, 0.1) is 25.8 Å². The first-order chi connectivity index (χ1) is 12.1. The van der Waals surface area contributed by atoms with Crippen molar-refractivity contribution in [3.63, 3.8) is 0 Å². The first kappa shape index (κ1) is 17.9. The molecule has 0 spiro atoms. The van der Waals surface area contributed by atoms with Crippen LogP contribution in [0.25, 0.3) is 0 Å². The predicted molar refractivity (Wildman–Crippen MR) is 105 cm³/mol. The lowest BCUT2D eigenvalue weighted by Crippen LogP contribution is -2.40. The molecule has 0 radical (unpaired) electrons. The molecule has 2 heterocycles. The first-order valence-corrected chi connectivity index (χ1v) is 9.51. The molecular weight excluding hydrogens is 332 g/mol. The van der Waals surface area contributed by atoms with E-state index in [0.717, 1.165) is 32.0 Å². The molecule has 0 saturated carbocycles. The summed E-state index contributed by atoms with van der Waals surface area (Å²) < 4.78 is 5.48. The Balaban J connectivity index is 1.68. The molecule has 0 amide bonds. The van der Waals surface area contributed by atoms with Crippen molar-refractivity contribution in [2.45, 2.75) is 19.9 Å². The minimum Gasteiger partial charge on any atom is -0.379 e. The van der Waals surface area contributed by atoms with Crippen molar-refractivity contribution in [3.05, 3.63) is 51.7 Å². The Bertz CT molecular complexity index is 708. The van der Waals surface area contributed by atoms with Crippen LogP contribution in [-0.2, 0) is 4.74 Å². The van der Waals surface area contributed by atoms with Crippen LogP contribution in [0.5, 0.6) is 0 Å². The lowest BCUT2D eigenvalue weighted by molar-refractivity contribution is 0.0187. The van der Waals surface area contributed by atoms with Gasteiger partial charge in [0.2, 0.25) is 0 Å². The number of guanidine groups is 1. The van der Waals surface area contributed by atoms with Crippen molar-refractivity contribution < 1.29 is 4.74 Å². The molecule has 6 heteroatoms. The number of anilines is 1. The maximum Gasteiger partial charge on any atom is 0.193 e. The highest BCUT2D eigenvalue weighted by Crippen LogP contribution is 2.26. The van der Waals surface area contributed by atoms with Crippen molar-refractivity contribution in [1.82, 2.24) is 4.90 Å². The van der Waals surface area contributed by atoms with Crippen molar-refractivity contribution >= 4 is 23.0 Å². The van der Waals surface area contributed by atoms with E-state index in [2.05, 4.69) is 58.7 Å². The van der Waals surface area contributed by atoms with E-state index < -0.39 is 0 Å². The van der Waals surface area contributed by atoms with Crippen LogP contribution in [0.2, 0.25) is 0 Å². The standard InChI is InChI=1S/C19H26N4OS/c1-14-5-6-16(12-15(14)2)22-19(20)21-13-17(18-4-3-11-25-18)23-7-9-24-10-8-23/h3-6,11-12,17H,7-10,13H2,1-2H3,(H3,20,21,22). The van der Waals surface area contributed by atoms with E-state index in [-0.39, 0.29) is 6.04 Å². The van der Waals surface area contributed by atoms with E-state index in [9.17, 15) is 0 Å². The zero-order valence-electron chi connectivity index (χ0n) is 14.9. The molecule has 1 fully saturated rings. The van der Waals surface area contributed by atoms with Crippen LogP contribution in [0.1, 0.15) is 22.0 Å². The second-order valence-corrected chi connectivity index (χ2v) is 7.31. The van der Waals surface area contributed by atoms with Crippen LogP contribution in [0.3, 0.4) is 0 Å². The van der Waals surface area contributed by atoms with Crippen LogP contribution in [0.4, 0.5) is 5.69 Å². The van der Waals surface area contributed by atoms with Crippen molar-refractivity contribution in [2.24, 2.45) is 10.7 Å². The summed E-state index contributed by atoms with van der Waals surface area (Å²) in [6, 6.07) is 10.7.